The molecule has 0 aliphatic rings. The normalized spacial score (nSPS) is 13.3. The Morgan fingerprint density at radius 2 is 0.885 bits per heavy atom. The molecule has 0 aromatic heterocycles. The molecular formula is C16H30O8S2. The summed E-state index contributed by atoms with van der Waals surface area (Å²) in [6.45, 7) is 8.63. The Hall–Kier alpha value is -1.16. The summed E-state index contributed by atoms with van der Waals surface area (Å²) in [7, 11) is -7.91. The summed E-state index contributed by atoms with van der Waals surface area (Å²) in [5.41, 5.74) is 0. The van der Waals surface area contributed by atoms with E-state index in [4.69, 9.17) is 0 Å². The molecule has 0 rings (SSSR count). The van der Waals surface area contributed by atoms with Gasteiger partial charge in [-0.05, 0) is 54.4 Å². The average Bonchev–Trinajstić information content (AvgIpc) is 2.38. The largest absolute Gasteiger partial charge is 0.345 e. The second kappa shape index (κ2) is 9.16. The van der Waals surface area contributed by atoms with Crippen molar-refractivity contribution in [2.45, 2.75) is 89.6 Å². The van der Waals surface area contributed by atoms with Crippen LogP contribution in [0.2, 0.25) is 0 Å². The van der Waals surface area contributed by atoms with E-state index in [0.717, 1.165) is 0 Å². The Morgan fingerprint density at radius 1 is 0.615 bits per heavy atom. The zero-order valence-electron chi connectivity index (χ0n) is 16.3. The average molecular weight is 415 g/mol. The minimum Gasteiger partial charge on any atom is -0.345 e. The maximum Gasteiger partial charge on any atom is 0.322 e. The monoisotopic (exact) mass is 414 g/mol. The molecule has 0 bridgehead atoms. The molecule has 8 nitrogen and oxygen atoms in total. The summed E-state index contributed by atoms with van der Waals surface area (Å²) in [6, 6.07) is 0. The van der Waals surface area contributed by atoms with E-state index in [0.29, 0.717) is 25.7 Å². The molecule has 0 fully saturated rings. The van der Waals surface area contributed by atoms with Gasteiger partial charge in [0.05, 0.1) is 9.49 Å². The highest BCUT2D eigenvalue weighted by Gasteiger charge is 2.33. The van der Waals surface area contributed by atoms with E-state index in [1.807, 2.05) is 0 Å². The number of unbranched alkanes of at least 4 members (excludes halogenated alkanes) is 3. The Labute approximate surface area is 156 Å². The first-order valence-electron chi connectivity index (χ1n) is 8.43. The van der Waals surface area contributed by atoms with Crippen LogP contribution >= 0.6 is 0 Å². The molecular weight excluding hydrogens is 384 g/mol. The lowest BCUT2D eigenvalue weighted by Crippen LogP contribution is -2.31. The third-order valence-corrected chi connectivity index (χ3v) is 7.23. The topological polar surface area (TPSA) is 121 Å². The van der Waals surface area contributed by atoms with Crippen molar-refractivity contribution in [2.75, 3.05) is 0 Å². The van der Waals surface area contributed by atoms with Gasteiger partial charge in [0.2, 0.25) is 0 Å². The van der Waals surface area contributed by atoms with Gasteiger partial charge in [-0.3, -0.25) is 9.59 Å². The number of hydrogen-bond acceptors (Lipinski definition) is 8. The van der Waals surface area contributed by atoms with Crippen LogP contribution in [0.3, 0.4) is 0 Å². The maximum absolute atomic E-state index is 11.7. The fourth-order valence-corrected chi connectivity index (χ4v) is 2.63. The molecule has 0 aliphatic carbocycles. The van der Waals surface area contributed by atoms with Gasteiger partial charge in [-0.2, -0.15) is 16.8 Å². The summed E-state index contributed by atoms with van der Waals surface area (Å²) in [5, 5.41) is 0. The molecule has 0 amide bonds. The lowest BCUT2D eigenvalue weighted by atomic mass is 10.1. The van der Waals surface area contributed by atoms with Crippen molar-refractivity contribution in [3.63, 3.8) is 0 Å². The van der Waals surface area contributed by atoms with Crippen LogP contribution < -0.4 is 0 Å². The van der Waals surface area contributed by atoms with Crippen molar-refractivity contribution in [1.82, 2.24) is 0 Å². The first kappa shape index (κ1) is 24.8. The van der Waals surface area contributed by atoms with Gasteiger partial charge in [0.1, 0.15) is 0 Å². The quantitative estimate of drug-likeness (QED) is 0.417. The molecule has 0 unspecified atom stereocenters. The predicted molar refractivity (Wildman–Crippen MR) is 97.2 cm³/mol. The van der Waals surface area contributed by atoms with Crippen molar-refractivity contribution >= 4 is 32.2 Å². The SMILES string of the molecule is CC(C)(C)S(=O)(=O)OC(=O)CCCCCCC(=O)OS(=O)(=O)C(C)(C)C. The molecule has 0 saturated heterocycles. The molecule has 0 N–H and O–H groups in total. The van der Waals surface area contributed by atoms with Crippen LogP contribution in [0.4, 0.5) is 0 Å². The van der Waals surface area contributed by atoms with Crippen LogP contribution in [0.5, 0.6) is 0 Å². The third-order valence-electron chi connectivity index (χ3n) is 3.42. The molecule has 0 saturated carbocycles. The fourth-order valence-electron chi connectivity index (χ4n) is 1.47. The lowest BCUT2D eigenvalue weighted by Gasteiger charge is -2.18. The molecule has 26 heavy (non-hydrogen) atoms. The molecule has 0 aromatic carbocycles. The third kappa shape index (κ3) is 8.48. The maximum atomic E-state index is 11.7. The van der Waals surface area contributed by atoms with Crippen molar-refractivity contribution in [1.29, 1.82) is 0 Å². The molecule has 0 heterocycles. The van der Waals surface area contributed by atoms with Crippen LogP contribution in [0.1, 0.15) is 80.1 Å². The van der Waals surface area contributed by atoms with Crippen LogP contribution in [-0.2, 0) is 38.2 Å². The summed E-state index contributed by atoms with van der Waals surface area (Å²) < 4.78 is 53.6. The minimum atomic E-state index is -3.95. The summed E-state index contributed by atoms with van der Waals surface area (Å²) in [4.78, 5) is 23.1. The highest BCUT2D eigenvalue weighted by molar-refractivity contribution is 7.88. The Morgan fingerprint density at radius 3 is 1.12 bits per heavy atom. The smallest absolute Gasteiger partial charge is 0.322 e. The number of carbonyl (C=O) groups is 2. The van der Waals surface area contributed by atoms with Crippen LogP contribution in [0, 0.1) is 0 Å². The van der Waals surface area contributed by atoms with Gasteiger partial charge >= 0.3 is 32.2 Å². The van der Waals surface area contributed by atoms with Gasteiger partial charge in [-0.1, -0.05) is 12.8 Å². The first-order chi connectivity index (χ1) is 11.5. The number of carbonyl (C=O) groups excluding carboxylic acids is 2. The summed E-state index contributed by atoms with van der Waals surface area (Å²) in [6.07, 6.45) is 1.88. The molecule has 10 heteroatoms. The van der Waals surface area contributed by atoms with Crippen molar-refractivity contribution in [3.8, 4) is 0 Å². The van der Waals surface area contributed by atoms with E-state index in [9.17, 15) is 26.4 Å². The van der Waals surface area contributed by atoms with Gasteiger partial charge in [0, 0.05) is 12.8 Å². The van der Waals surface area contributed by atoms with E-state index in [-0.39, 0.29) is 12.8 Å². The van der Waals surface area contributed by atoms with Gasteiger partial charge in [0.25, 0.3) is 0 Å². The van der Waals surface area contributed by atoms with E-state index in [1.54, 1.807) is 0 Å². The van der Waals surface area contributed by atoms with Gasteiger partial charge in [-0.25, -0.2) is 0 Å². The molecule has 0 atom stereocenters. The highest BCUT2D eigenvalue weighted by Crippen LogP contribution is 2.19. The Balaban J connectivity index is 4.06. The van der Waals surface area contributed by atoms with E-state index in [1.165, 1.54) is 41.5 Å². The van der Waals surface area contributed by atoms with E-state index >= 15 is 0 Å². The molecule has 0 aliphatic heterocycles. The van der Waals surface area contributed by atoms with Gasteiger partial charge in [0.15, 0.2) is 0 Å². The van der Waals surface area contributed by atoms with Crippen molar-refractivity contribution < 1.29 is 34.8 Å². The summed E-state index contributed by atoms with van der Waals surface area (Å²) >= 11 is 0. The van der Waals surface area contributed by atoms with Crippen LogP contribution in [0.25, 0.3) is 0 Å². The summed E-state index contributed by atoms with van der Waals surface area (Å²) in [5.74, 6) is -1.62. The molecule has 154 valence electrons. The number of rotatable bonds is 9. The fraction of sp³-hybridized carbons (Fsp3) is 0.875. The molecule has 0 radical (unpaired) electrons. The predicted octanol–water partition coefficient (Wildman–Crippen LogP) is 2.67. The highest BCUT2D eigenvalue weighted by atomic mass is 32.2. The molecule has 0 aromatic rings. The van der Waals surface area contributed by atoms with E-state index < -0.39 is 41.7 Å². The lowest BCUT2D eigenvalue weighted by molar-refractivity contribution is -0.135. The second-order valence-electron chi connectivity index (χ2n) is 7.96. The van der Waals surface area contributed by atoms with Crippen molar-refractivity contribution in [2.24, 2.45) is 0 Å². The Kier molecular flexibility index (Phi) is 8.75. The second-order valence-corrected chi connectivity index (χ2v) is 12.6. The van der Waals surface area contributed by atoms with Crippen LogP contribution in [0.15, 0.2) is 0 Å². The zero-order valence-corrected chi connectivity index (χ0v) is 18.0. The van der Waals surface area contributed by atoms with Gasteiger partial charge < -0.3 is 8.37 Å². The van der Waals surface area contributed by atoms with Crippen molar-refractivity contribution in [3.05, 3.63) is 0 Å². The van der Waals surface area contributed by atoms with Crippen LogP contribution in [-0.4, -0.2) is 38.3 Å². The van der Waals surface area contributed by atoms with Gasteiger partial charge in [-0.15, -0.1) is 0 Å². The minimum absolute atomic E-state index is 0.0435. The number of hydrogen-bond donors (Lipinski definition) is 0. The first-order valence-corrected chi connectivity index (χ1v) is 11.2. The standard InChI is InChI=1S/C16H30O8S2/c1-15(2,3)25(19,20)23-13(17)11-9-7-8-10-12-14(18)24-26(21,22)16(4,5)6/h7-12H2,1-6H3. The zero-order chi connectivity index (χ0) is 20.8. The molecule has 0 spiro atoms. The Bertz CT molecular complexity index is 630. The van der Waals surface area contributed by atoms with E-state index in [2.05, 4.69) is 8.37 Å².